The van der Waals surface area contributed by atoms with E-state index >= 15 is 0 Å². The predicted octanol–water partition coefficient (Wildman–Crippen LogP) is 5.51. The van der Waals surface area contributed by atoms with Crippen molar-refractivity contribution in [1.82, 2.24) is 14.9 Å². The van der Waals surface area contributed by atoms with Gasteiger partial charge in [0.25, 0.3) is 0 Å². The fourth-order valence-corrected chi connectivity index (χ4v) is 5.41. The number of ether oxygens (including phenoxy) is 2. The molecule has 0 spiro atoms. The number of phenols is 2. The van der Waals surface area contributed by atoms with Gasteiger partial charge >= 0.3 is 5.97 Å². The number of aromatic nitrogens is 2. The quantitative estimate of drug-likeness (QED) is 0.215. The van der Waals surface area contributed by atoms with Crippen LogP contribution in [-0.2, 0) is 20.9 Å². The van der Waals surface area contributed by atoms with Crippen molar-refractivity contribution in [1.29, 1.82) is 0 Å². The molecule has 0 radical (unpaired) electrons. The van der Waals surface area contributed by atoms with E-state index in [9.17, 15) is 24.6 Å². The number of benzene rings is 2. The van der Waals surface area contributed by atoms with Crippen molar-refractivity contribution in [2.24, 2.45) is 0 Å². The number of hydrogen-bond donors (Lipinski definition) is 3. The number of nitrogens with zero attached hydrogens (tertiary/aromatic N) is 2. The number of carbonyl (C=O) groups excluding carboxylic acids is 3. The van der Waals surface area contributed by atoms with Crippen LogP contribution in [0, 0.1) is 0 Å². The van der Waals surface area contributed by atoms with Gasteiger partial charge in [0, 0.05) is 56.2 Å². The lowest BCUT2D eigenvalue weighted by molar-refractivity contribution is -0.121. The molecule has 0 saturated heterocycles. The van der Waals surface area contributed by atoms with Crippen LogP contribution in [0.15, 0.2) is 55.1 Å². The maximum absolute atomic E-state index is 13.5. The van der Waals surface area contributed by atoms with Crippen molar-refractivity contribution in [2.75, 3.05) is 13.7 Å². The molecule has 1 amide bonds. The summed E-state index contributed by atoms with van der Waals surface area (Å²) >= 11 is 0. The van der Waals surface area contributed by atoms with Gasteiger partial charge in [-0.1, -0.05) is 24.3 Å². The van der Waals surface area contributed by atoms with Crippen LogP contribution in [0.5, 0.6) is 17.2 Å². The molecule has 2 heterocycles. The van der Waals surface area contributed by atoms with Gasteiger partial charge in [0.15, 0.2) is 0 Å². The minimum atomic E-state index is -0.784. The molecule has 2 aromatic carbocycles. The number of aromatic hydroxyl groups is 2. The third-order valence-corrected chi connectivity index (χ3v) is 7.78. The Labute approximate surface area is 257 Å². The molecule has 0 bridgehead atoms. The topological polar surface area (TPSA) is 140 Å². The minimum absolute atomic E-state index is 0.0622. The number of amides is 1. The first kappa shape index (κ1) is 32.3. The number of Topliss-reactive ketones (excluding diaryl/α,β-unsaturated/α-hetero) is 1. The molecule has 234 valence electrons. The van der Waals surface area contributed by atoms with Crippen LogP contribution in [0.2, 0.25) is 0 Å². The molecule has 0 aliphatic carbocycles. The molecule has 0 saturated carbocycles. The summed E-state index contributed by atoms with van der Waals surface area (Å²) in [6.45, 7) is 2.87. The number of fused-ring (bicyclic) bond motifs is 1. The second-order valence-electron chi connectivity index (χ2n) is 11.1. The van der Waals surface area contributed by atoms with Gasteiger partial charge in [-0.15, -0.1) is 0 Å². The number of allylic oxidation sites excluding steroid dienone is 1. The van der Waals surface area contributed by atoms with Crippen LogP contribution in [0.3, 0.4) is 0 Å². The van der Waals surface area contributed by atoms with Crippen LogP contribution in [0.25, 0.3) is 6.08 Å². The summed E-state index contributed by atoms with van der Waals surface area (Å²) in [5.74, 6) is -1.69. The first-order chi connectivity index (χ1) is 21.3. The van der Waals surface area contributed by atoms with Crippen molar-refractivity contribution in [3.8, 4) is 17.2 Å². The fourth-order valence-electron chi connectivity index (χ4n) is 5.41. The first-order valence-corrected chi connectivity index (χ1v) is 15.1. The van der Waals surface area contributed by atoms with E-state index in [1.165, 1.54) is 6.07 Å². The number of esters is 1. The third kappa shape index (κ3) is 8.72. The minimum Gasteiger partial charge on any atom is -0.507 e. The molecule has 44 heavy (non-hydrogen) atoms. The van der Waals surface area contributed by atoms with Gasteiger partial charge in [-0.3, -0.25) is 9.59 Å². The predicted molar refractivity (Wildman–Crippen MR) is 166 cm³/mol. The van der Waals surface area contributed by atoms with E-state index in [1.54, 1.807) is 56.9 Å². The third-order valence-electron chi connectivity index (χ3n) is 7.78. The summed E-state index contributed by atoms with van der Waals surface area (Å²) in [7, 11) is 1.55. The molecule has 3 aromatic rings. The van der Waals surface area contributed by atoms with Gasteiger partial charge in [0.1, 0.15) is 28.6 Å². The standard InChI is InChI=1S/C34H41N3O7/c1-23-8-6-11-26(38)10-5-3-4-9-25-20-29(39)32(33(41)31(25)34(42)44-23)28(24-12-14-27(43-2)15-13-24)21-30(40)36-16-7-18-37-19-17-35-22-37/h4,9,12-15,17,19-20,22-23,28,39,41H,3,5-8,10-11,16,18,21H2,1-2H3,(H,36,40)/b9-4+/t23-,28?/m0/s1. The largest absolute Gasteiger partial charge is 0.507 e. The summed E-state index contributed by atoms with van der Waals surface area (Å²) in [4.78, 5) is 42.9. The summed E-state index contributed by atoms with van der Waals surface area (Å²) < 4.78 is 12.9. The van der Waals surface area contributed by atoms with E-state index in [1.807, 2.05) is 16.8 Å². The molecular formula is C34H41N3O7. The zero-order valence-electron chi connectivity index (χ0n) is 25.3. The SMILES string of the molecule is COc1ccc(C(CC(=O)NCCCn2ccnc2)c2c(O)cc3c(c2O)C(=O)O[C@@H](C)CCCC(=O)CCC/C=C/3)cc1. The van der Waals surface area contributed by atoms with Crippen molar-refractivity contribution in [3.05, 3.63) is 77.4 Å². The van der Waals surface area contributed by atoms with Crippen LogP contribution in [0.1, 0.15) is 91.3 Å². The normalized spacial score (nSPS) is 17.5. The zero-order valence-corrected chi connectivity index (χ0v) is 25.3. The van der Waals surface area contributed by atoms with E-state index < -0.39 is 23.7 Å². The molecule has 1 aliphatic heterocycles. The van der Waals surface area contributed by atoms with Gasteiger partial charge in [0.05, 0.1) is 19.5 Å². The Bertz CT molecular complexity index is 1450. The van der Waals surface area contributed by atoms with E-state index in [0.717, 1.165) is 0 Å². The Morgan fingerprint density at radius 3 is 2.68 bits per heavy atom. The van der Waals surface area contributed by atoms with Gasteiger partial charge in [-0.25, -0.2) is 9.78 Å². The number of hydrogen-bond acceptors (Lipinski definition) is 8. The molecule has 1 unspecified atom stereocenters. The Hall–Kier alpha value is -4.60. The van der Waals surface area contributed by atoms with Crippen LogP contribution < -0.4 is 10.1 Å². The average Bonchev–Trinajstić information content (AvgIpc) is 3.52. The van der Waals surface area contributed by atoms with E-state index in [-0.39, 0.29) is 35.0 Å². The lowest BCUT2D eigenvalue weighted by atomic mass is 9.84. The maximum Gasteiger partial charge on any atom is 0.342 e. The van der Waals surface area contributed by atoms with Gasteiger partial charge < -0.3 is 29.6 Å². The number of phenolic OH excluding ortho intramolecular Hbond substituents is 2. The molecule has 1 aromatic heterocycles. The summed E-state index contributed by atoms with van der Waals surface area (Å²) in [6, 6.07) is 8.43. The highest BCUT2D eigenvalue weighted by molar-refractivity contribution is 5.98. The molecule has 2 atom stereocenters. The Morgan fingerprint density at radius 1 is 1.18 bits per heavy atom. The zero-order chi connectivity index (χ0) is 31.5. The van der Waals surface area contributed by atoms with Gasteiger partial charge in [-0.2, -0.15) is 0 Å². The lowest BCUT2D eigenvalue weighted by Gasteiger charge is -2.23. The number of imidazole rings is 1. The fraction of sp³-hybridized carbons (Fsp3) is 0.412. The molecule has 10 heteroatoms. The molecule has 4 rings (SSSR count). The van der Waals surface area contributed by atoms with E-state index in [0.29, 0.717) is 74.9 Å². The number of methoxy groups -OCH3 is 1. The van der Waals surface area contributed by atoms with Gasteiger partial charge in [0.2, 0.25) is 5.91 Å². The number of rotatable bonds is 9. The van der Waals surface area contributed by atoms with E-state index in [4.69, 9.17) is 9.47 Å². The Morgan fingerprint density at radius 2 is 1.95 bits per heavy atom. The number of carbonyl (C=O) groups is 3. The number of ketones is 1. The molecule has 3 N–H and O–H groups in total. The van der Waals surface area contributed by atoms with Crippen molar-refractivity contribution < 1.29 is 34.1 Å². The summed E-state index contributed by atoms with van der Waals surface area (Å²) in [6.07, 6.45) is 12.1. The second-order valence-corrected chi connectivity index (χ2v) is 11.1. The van der Waals surface area contributed by atoms with Crippen molar-refractivity contribution in [3.63, 3.8) is 0 Å². The van der Waals surface area contributed by atoms with E-state index in [2.05, 4.69) is 10.3 Å². The molecule has 1 aliphatic rings. The highest BCUT2D eigenvalue weighted by Gasteiger charge is 2.31. The molecule has 0 fully saturated rings. The Kier molecular flexibility index (Phi) is 11.6. The first-order valence-electron chi connectivity index (χ1n) is 15.1. The highest BCUT2D eigenvalue weighted by Crippen LogP contribution is 2.44. The average molecular weight is 604 g/mol. The smallest absolute Gasteiger partial charge is 0.342 e. The van der Waals surface area contributed by atoms with Crippen LogP contribution in [-0.4, -0.2) is 57.2 Å². The lowest BCUT2D eigenvalue weighted by Crippen LogP contribution is -2.27. The molecule has 10 nitrogen and oxygen atoms in total. The summed E-state index contributed by atoms with van der Waals surface area (Å²) in [5.41, 5.74) is 0.926. The van der Waals surface area contributed by atoms with Crippen molar-refractivity contribution in [2.45, 2.75) is 76.9 Å². The monoisotopic (exact) mass is 603 g/mol. The van der Waals surface area contributed by atoms with Gasteiger partial charge in [-0.05, 0) is 68.4 Å². The Balaban J connectivity index is 1.67. The highest BCUT2D eigenvalue weighted by atomic mass is 16.5. The molecular weight excluding hydrogens is 562 g/mol. The number of nitrogens with one attached hydrogen (secondary N) is 1. The van der Waals surface area contributed by atoms with Crippen LogP contribution in [0.4, 0.5) is 0 Å². The summed E-state index contributed by atoms with van der Waals surface area (Å²) in [5, 5.41) is 25.9. The van der Waals surface area contributed by atoms with Crippen LogP contribution >= 0.6 is 0 Å². The number of cyclic esters (lactones) is 1. The maximum atomic E-state index is 13.5. The second kappa shape index (κ2) is 15.7. The number of aryl methyl sites for hydroxylation is 1. The van der Waals surface area contributed by atoms with Crippen molar-refractivity contribution >= 4 is 23.7 Å².